The molecule has 6 heteroatoms. The molecule has 104 valence electrons. The van der Waals surface area contributed by atoms with Gasteiger partial charge in [-0.3, -0.25) is 0 Å². The highest BCUT2D eigenvalue weighted by molar-refractivity contribution is 7.11. The molecule has 0 bridgehead atoms. The van der Waals surface area contributed by atoms with Gasteiger partial charge in [-0.1, -0.05) is 0 Å². The molecule has 18 heavy (non-hydrogen) atoms. The lowest BCUT2D eigenvalue weighted by Crippen LogP contribution is -2.20. The molecule has 1 rings (SSSR count). The van der Waals surface area contributed by atoms with Crippen molar-refractivity contribution in [1.82, 2.24) is 15.5 Å². The van der Waals surface area contributed by atoms with E-state index in [4.69, 9.17) is 9.47 Å². The summed E-state index contributed by atoms with van der Waals surface area (Å²) in [5, 5.41) is 13.9. The Hall–Kier alpha value is -0.560. The zero-order valence-electron chi connectivity index (χ0n) is 11.3. The SMILES string of the molecule is CCOCCc1nnc(CCCNCCOC)s1. The highest BCUT2D eigenvalue weighted by atomic mass is 32.1. The van der Waals surface area contributed by atoms with Gasteiger partial charge in [0, 0.05) is 33.1 Å². The largest absolute Gasteiger partial charge is 0.383 e. The van der Waals surface area contributed by atoms with Gasteiger partial charge in [-0.25, -0.2) is 0 Å². The summed E-state index contributed by atoms with van der Waals surface area (Å²) in [6, 6.07) is 0. The second-order valence-electron chi connectivity index (χ2n) is 3.88. The zero-order chi connectivity index (χ0) is 13.1. The fourth-order valence-corrected chi connectivity index (χ4v) is 2.33. The van der Waals surface area contributed by atoms with Crippen molar-refractivity contribution in [2.45, 2.75) is 26.2 Å². The average Bonchev–Trinajstić information content (AvgIpc) is 2.82. The number of aromatic nitrogens is 2. The molecule has 1 aromatic heterocycles. The smallest absolute Gasteiger partial charge is 0.119 e. The summed E-state index contributed by atoms with van der Waals surface area (Å²) < 4.78 is 10.3. The highest BCUT2D eigenvalue weighted by Crippen LogP contribution is 2.12. The van der Waals surface area contributed by atoms with Gasteiger partial charge in [0.15, 0.2) is 0 Å². The van der Waals surface area contributed by atoms with Crippen LogP contribution in [-0.2, 0) is 22.3 Å². The minimum atomic E-state index is 0.740. The maximum atomic E-state index is 5.30. The van der Waals surface area contributed by atoms with Gasteiger partial charge < -0.3 is 14.8 Å². The summed E-state index contributed by atoms with van der Waals surface area (Å²) in [6.45, 7) is 6.18. The van der Waals surface area contributed by atoms with E-state index in [0.29, 0.717) is 0 Å². The van der Waals surface area contributed by atoms with Gasteiger partial charge in [-0.2, -0.15) is 0 Å². The predicted molar refractivity (Wildman–Crippen MR) is 73.2 cm³/mol. The summed E-state index contributed by atoms with van der Waals surface area (Å²) in [5.74, 6) is 0. The van der Waals surface area contributed by atoms with Gasteiger partial charge in [0.05, 0.1) is 13.2 Å². The lowest BCUT2D eigenvalue weighted by Gasteiger charge is -2.01. The molecule has 1 heterocycles. The molecule has 0 aliphatic carbocycles. The van der Waals surface area contributed by atoms with Gasteiger partial charge in [-0.15, -0.1) is 21.5 Å². The Morgan fingerprint density at radius 1 is 1.11 bits per heavy atom. The van der Waals surface area contributed by atoms with Crippen LogP contribution in [-0.4, -0.2) is 50.2 Å². The molecule has 0 fully saturated rings. The molecule has 5 nitrogen and oxygen atoms in total. The first kappa shape index (κ1) is 15.5. The van der Waals surface area contributed by atoms with Crippen molar-refractivity contribution in [2.24, 2.45) is 0 Å². The van der Waals surface area contributed by atoms with E-state index >= 15 is 0 Å². The van der Waals surface area contributed by atoms with E-state index in [1.54, 1.807) is 18.4 Å². The molecule has 0 saturated carbocycles. The Balaban J connectivity index is 2.07. The minimum Gasteiger partial charge on any atom is -0.383 e. The molecule has 0 atom stereocenters. The van der Waals surface area contributed by atoms with Crippen molar-refractivity contribution in [3.8, 4) is 0 Å². The summed E-state index contributed by atoms with van der Waals surface area (Å²) in [5.41, 5.74) is 0. The minimum absolute atomic E-state index is 0.740. The molecule has 0 amide bonds. The van der Waals surface area contributed by atoms with Gasteiger partial charge >= 0.3 is 0 Å². The van der Waals surface area contributed by atoms with Crippen LogP contribution in [0.1, 0.15) is 23.4 Å². The topological polar surface area (TPSA) is 56.3 Å². The van der Waals surface area contributed by atoms with Crippen molar-refractivity contribution in [2.75, 3.05) is 40.0 Å². The van der Waals surface area contributed by atoms with E-state index in [1.807, 2.05) is 6.92 Å². The molecule has 0 spiro atoms. The Bertz CT molecular complexity index is 307. The summed E-state index contributed by atoms with van der Waals surface area (Å²) in [6.07, 6.45) is 2.95. The zero-order valence-corrected chi connectivity index (χ0v) is 12.1. The average molecular weight is 273 g/mol. The first-order chi connectivity index (χ1) is 8.86. The maximum absolute atomic E-state index is 5.30. The number of hydrogen-bond donors (Lipinski definition) is 1. The quantitative estimate of drug-likeness (QED) is 0.616. The second-order valence-corrected chi connectivity index (χ2v) is 5.03. The van der Waals surface area contributed by atoms with Crippen LogP contribution < -0.4 is 5.32 Å². The van der Waals surface area contributed by atoms with Gasteiger partial charge in [0.2, 0.25) is 0 Å². The van der Waals surface area contributed by atoms with Crippen LogP contribution in [0.3, 0.4) is 0 Å². The first-order valence-corrected chi connectivity index (χ1v) is 7.27. The van der Waals surface area contributed by atoms with Gasteiger partial charge in [-0.05, 0) is 19.9 Å². The molecule has 0 aliphatic heterocycles. The number of rotatable bonds is 11. The number of methoxy groups -OCH3 is 1. The van der Waals surface area contributed by atoms with Gasteiger partial charge in [0.1, 0.15) is 10.0 Å². The standard InChI is InChI=1S/C12H23N3O2S/c1-3-17-9-6-12-15-14-11(18-12)5-4-7-13-8-10-16-2/h13H,3-10H2,1-2H3. The van der Waals surface area contributed by atoms with E-state index in [0.717, 1.165) is 62.2 Å². The third-order valence-corrected chi connectivity index (χ3v) is 3.44. The summed E-state index contributed by atoms with van der Waals surface area (Å²) >= 11 is 1.70. The number of aryl methyl sites for hydroxylation is 1. The molecule has 0 aromatic carbocycles. The van der Waals surface area contributed by atoms with E-state index in [9.17, 15) is 0 Å². The van der Waals surface area contributed by atoms with Gasteiger partial charge in [0.25, 0.3) is 0 Å². The predicted octanol–water partition coefficient (Wildman–Crippen LogP) is 1.29. The third kappa shape index (κ3) is 7.00. The summed E-state index contributed by atoms with van der Waals surface area (Å²) in [7, 11) is 1.71. The second kappa shape index (κ2) is 10.4. The Morgan fingerprint density at radius 2 is 1.89 bits per heavy atom. The number of nitrogens with zero attached hydrogens (tertiary/aromatic N) is 2. The fourth-order valence-electron chi connectivity index (χ4n) is 1.46. The molecule has 0 radical (unpaired) electrons. The lowest BCUT2D eigenvalue weighted by atomic mass is 10.3. The van der Waals surface area contributed by atoms with E-state index in [1.165, 1.54) is 0 Å². The van der Waals surface area contributed by atoms with Crippen LogP contribution in [0, 0.1) is 0 Å². The normalized spacial score (nSPS) is 11.0. The number of nitrogens with one attached hydrogen (secondary N) is 1. The molecular weight excluding hydrogens is 250 g/mol. The molecule has 0 saturated heterocycles. The number of hydrogen-bond acceptors (Lipinski definition) is 6. The number of ether oxygens (including phenoxy) is 2. The van der Waals surface area contributed by atoms with Crippen LogP contribution >= 0.6 is 11.3 Å². The highest BCUT2D eigenvalue weighted by Gasteiger charge is 2.03. The van der Waals surface area contributed by atoms with Crippen molar-refractivity contribution in [3.63, 3.8) is 0 Å². The van der Waals surface area contributed by atoms with Crippen molar-refractivity contribution in [1.29, 1.82) is 0 Å². The molecule has 1 N–H and O–H groups in total. The third-order valence-electron chi connectivity index (χ3n) is 2.40. The first-order valence-electron chi connectivity index (χ1n) is 6.45. The Labute approximate surface area is 113 Å². The lowest BCUT2D eigenvalue weighted by molar-refractivity contribution is 0.150. The van der Waals surface area contributed by atoms with Crippen molar-refractivity contribution in [3.05, 3.63) is 10.0 Å². The fraction of sp³-hybridized carbons (Fsp3) is 0.833. The molecular formula is C12H23N3O2S. The van der Waals surface area contributed by atoms with Crippen LogP contribution in [0.5, 0.6) is 0 Å². The molecule has 1 aromatic rings. The molecule has 0 aliphatic rings. The van der Waals surface area contributed by atoms with Crippen LogP contribution in [0.25, 0.3) is 0 Å². The van der Waals surface area contributed by atoms with Crippen molar-refractivity contribution >= 4 is 11.3 Å². The van der Waals surface area contributed by atoms with Crippen LogP contribution in [0.2, 0.25) is 0 Å². The van der Waals surface area contributed by atoms with E-state index in [-0.39, 0.29) is 0 Å². The Morgan fingerprint density at radius 3 is 2.61 bits per heavy atom. The van der Waals surface area contributed by atoms with Crippen LogP contribution in [0.15, 0.2) is 0 Å². The van der Waals surface area contributed by atoms with E-state index < -0.39 is 0 Å². The Kier molecular flexibility index (Phi) is 8.93. The summed E-state index contributed by atoms with van der Waals surface area (Å²) in [4.78, 5) is 0. The van der Waals surface area contributed by atoms with Crippen molar-refractivity contribution < 1.29 is 9.47 Å². The van der Waals surface area contributed by atoms with Crippen LogP contribution in [0.4, 0.5) is 0 Å². The monoisotopic (exact) mass is 273 g/mol. The van der Waals surface area contributed by atoms with E-state index in [2.05, 4.69) is 15.5 Å². The maximum Gasteiger partial charge on any atom is 0.119 e. The molecule has 0 unspecified atom stereocenters.